The molecule has 0 heterocycles. The number of hydrogen-bond acceptors (Lipinski definition) is 4. The monoisotopic (exact) mass is 275 g/mol. The van der Waals surface area contributed by atoms with E-state index in [-0.39, 0.29) is 16.5 Å². The largest absolute Gasteiger partial charge is 0.479 e. The molecular weight excluding hydrogens is 269 g/mol. The van der Waals surface area contributed by atoms with E-state index in [4.69, 9.17) is 21.4 Å². The number of thiocarbonyl (C=S) groups is 1. The summed E-state index contributed by atoms with van der Waals surface area (Å²) in [6.07, 6.45) is -1.11. The van der Waals surface area contributed by atoms with Crippen LogP contribution in [-0.2, 0) is 4.79 Å². The summed E-state index contributed by atoms with van der Waals surface area (Å²) in [4.78, 5) is 14.1. The summed E-state index contributed by atoms with van der Waals surface area (Å²) in [5.74, 6) is -1.83. The Balaban J connectivity index is 3.11. The van der Waals surface area contributed by atoms with Gasteiger partial charge in [0.2, 0.25) is 0 Å². The molecule has 0 radical (unpaired) electrons. The predicted molar refractivity (Wildman–Crippen MR) is 63.8 cm³/mol. The van der Waals surface area contributed by atoms with Gasteiger partial charge in [0.05, 0.1) is 10.2 Å². The molecule has 0 aliphatic rings. The van der Waals surface area contributed by atoms with Crippen molar-refractivity contribution in [2.45, 2.75) is 13.0 Å². The minimum atomic E-state index is -1.16. The molecule has 0 aliphatic carbocycles. The number of rotatable bonds is 4. The van der Waals surface area contributed by atoms with Crippen LogP contribution in [0.5, 0.6) is 5.75 Å². The van der Waals surface area contributed by atoms with Crippen LogP contribution in [0.4, 0.5) is 10.1 Å². The highest BCUT2D eigenvalue weighted by atomic mass is 35.5. The molecular formula is C10H7ClFNO3S. The summed E-state index contributed by atoms with van der Waals surface area (Å²) in [5.41, 5.74) is -0.114. The van der Waals surface area contributed by atoms with Crippen molar-refractivity contribution in [3.8, 4) is 5.75 Å². The van der Waals surface area contributed by atoms with Gasteiger partial charge in [0.1, 0.15) is 11.4 Å². The number of carboxylic acids is 1. The van der Waals surface area contributed by atoms with Crippen LogP contribution in [0.15, 0.2) is 17.1 Å². The molecule has 7 heteroatoms. The fourth-order valence-electron chi connectivity index (χ4n) is 0.984. The van der Waals surface area contributed by atoms with Gasteiger partial charge in [-0.05, 0) is 25.2 Å². The van der Waals surface area contributed by atoms with Crippen LogP contribution in [0.1, 0.15) is 6.92 Å². The zero-order valence-electron chi connectivity index (χ0n) is 8.61. The number of ether oxygens (including phenoxy) is 1. The van der Waals surface area contributed by atoms with Crippen molar-refractivity contribution in [3.63, 3.8) is 0 Å². The molecule has 0 fully saturated rings. The second-order valence-electron chi connectivity index (χ2n) is 3.04. The third kappa shape index (κ3) is 3.49. The van der Waals surface area contributed by atoms with Crippen LogP contribution in [-0.4, -0.2) is 22.3 Å². The Labute approximate surface area is 107 Å². The van der Waals surface area contributed by atoms with Crippen molar-refractivity contribution in [2.75, 3.05) is 0 Å². The maximum Gasteiger partial charge on any atom is 0.344 e. The Bertz CT molecular complexity index is 503. The van der Waals surface area contributed by atoms with E-state index in [0.717, 1.165) is 12.1 Å². The number of aliphatic imine (C=N–C) groups is 1. The van der Waals surface area contributed by atoms with Crippen molar-refractivity contribution in [1.29, 1.82) is 0 Å². The van der Waals surface area contributed by atoms with E-state index in [0.29, 0.717) is 0 Å². The molecule has 1 rings (SSSR count). The average Bonchev–Trinajstić information content (AvgIpc) is 2.24. The van der Waals surface area contributed by atoms with Gasteiger partial charge in [-0.25, -0.2) is 9.18 Å². The lowest BCUT2D eigenvalue weighted by molar-refractivity contribution is -0.144. The molecule has 0 amide bonds. The summed E-state index contributed by atoms with van der Waals surface area (Å²) in [6.45, 7) is 1.32. The predicted octanol–water partition coefficient (Wildman–Crippen LogP) is 3.07. The lowest BCUT2D eigenvalue weighted by atomic mass is 10.3. The summed E-state index contributed by atoms with van der Waals surface area (Å²) in [6, 6.07) is 2.13. The minimum absolute atomic E-state index is 0.0203. The molecule has 4 nitrogen and oxygen atoms in total. The van der Waals surface area contributed by atoms with Gasteiger partial charge in [0.15, 0.2) is 11.9 Å². The zero-order valence-corrected chi connectivity index (χ0v) is 10.2. The molecule has 0 aliphatic heterocycles. The molecule has 90 valence electrons. The maximum absolute atomic E-state index is 13.3. The molecule has 0 saturated heterocycles. The Morgan fingerprint density at radius 1 is 1.71 bits per heavy atom. The van der Waals surface area contributed by atoms with Crippen molar-refractivity contribution in [1.82, 2.24) is 0 Å². The number of isothiocyanates is 1. The topological polar surface area (TPSA) is 58.9 Å². The van der Waals surface area contributed by atoms with Crippen molar-refractivity contribution >= 4 is 40.6 Å². The van der Waals surface area contributed by atoms with Crippen molar-refractivity contribution in [3.05, 3.63) is 23.0 Å². The van der Waals surface area contributed by atoms with Gasteiger partial charge in [-0.1, -0.05) is 11.6 Å². The highest BCUT2D eigenvalue weighted by molar-refractivity contribution is 7.78. The van der Waals surface area contributed by atoms with Gasteiger partial charge in [-0.15, -0.1) is 0 Å². The maximum atomic E-state index is 13.3. The van der Waals surface area contributed by atoms with E-state index in [1.807, 2.05) is 5.16 Å². The van der Waals surface area contributed by atoms with Gasteiger partial charge in [0.25, 0.3) is 0 Å². The normalized spacial score (nSPS) is 11.5. The van der Waals surface area contributed by atoms with E-state index in [2.05, 4.69) is 17.2 Å². The van der Waals surface area contributed by atoms with Gasteiger partial charge in [-0.2, -0.15) is 4.99 Å². The number of carboxylic acid groups (broad SMARTS) is 1. The Morgan fingerprint density at radius 3 is 2.88 bits per heavy atom. The molecule has 0 spiro atoms. The number of halogens is 2. The second kappa shape index (κ2) is 5.72. The van der Waals surface area contributed by atoms with E-state index < -0.39 is 17.9 Å². The molecule has 0 aromatic heterocycles. The summed E-state index contributed by atoms with van der Waals surface area (Å²) in [7, 11) is 0. The lowest BCUT2D eigenvalue weighted by Crippen LogP contribution is -2.23. The number of nitrogens with zero attached hydrogens (tertiary/aromatic N) is 1. The zero-order chi connectivity index (χ0) is 13.0. The van der Waals surface area contributed by atoms with E-state index in [9.17, 15) is 9.18 Å². The summed E-state index contributed by atoms with van der Waals surface area (Å²) >= 11 is 10.1. The third-order valence-electron chi connectivity index (χ3n) is 1.82. The SMILES string of the molecule is CC(Oc1cc(N=C=S)c(F)cc1Cl)C(=O)O. The second-order valence-corrected chi connectivity index (χ2v) is 3.63. The highest BCUT2D eigenvalue weighted by Gasteiger charge is 2.16. The average molecular weight is 276 g/mol. The first-order valence-electron chi connectivity index (χ1n) is 4.42. The van der Waals surface area contributed by atoms with Gasteiger partial charge >= 0.3 is 5.97 Å². The Kier molecular flexibility index (Phi) is 4.57. The van der Waals surface area contributed by atoms with Crippen molar-refractivity contribution in [2.24, 2.45) is 4.99 Å². The molecule has 1 aromatic carbocycles. The standard InChI is InChI=1S/C10H7ClFNO3S/c1-5(10(14)15)16-9-3-8(13-4-17)7(12)2-6(9)11/h2-3,5H,1H3,(H,14,15). The van der Waals surface area contributed by atoms with Crippen LogP contribution in [0.25, 0.3) is 0 Å². The molecule has 1 aromatic rings. The molecule has 1 atom stereocenters. The molecule has 0 bridgehead atoms. The van der Waals surface area contributed by atoms with Gasteiger partial charge in [-0.3, -0.25) is 0 Å². The number of hydrogen-bond donors (Lipinski definition) is 1. The Hall–Kier alpha value is -1.49. The fourth-order valence-corrected chi connectivity index (χ4v) is 1.28. The van der Waals surface area contributed by atoms with Gasteiger partial charge < -0.3 is 9.84 Å². The third-order valence-corrected chi connectivity index (χ3v) is 2.21. The summed E-state index contributed by atoms with van der Waals surface area (Å²) in [5, 5.41) is 10.6. The molecule has 0 saturated carbocycles. The van der Waals surface area contributed by atoms with Crippen LogP contribution in [0.2, 0.25) is 5.02 Å². The number of benzene rings is 1. The lowest BCUT2D eigenvalue weighted by Gasteiger charge is -2.12. The molecule has 17 heavy (non-hydrogen) atoms. The van der Waals surface area contributed by atoms with Gasteiger partial charge in [0, 0.05) is 6.07 Å². The van der Waals surface area contributed by atoms with Crippen LogP contribution < -0.4 is 4.74 Å². The number of carbonyl (C=O) groups is 1. The molecule has 1 N–H and O–H groups in total. The summed E-state index contributed by atoms with van der Waals surface area (Å²) < 4.78 is 18.3. The van der Waals surface area contributed by atoms with Crippen LogP contribution >= 0.6 is 23.8 Å². The number of aliphatic carboxylic acids is 1. The highest BCUT2D eigenvalue weighted by Crippen LogP contribution is 2.32. The van der Waals surface area contributed by atoms with E-state index in [1.165, 1.54) is 6.92 Å². The van der Waals surface area contributed by atoms with E-state index >= 15 is 0 Å². The quantitative estimate of drug-likeness (QED) is 0.678. The Morgan fingerprint density at radius 2 is 2.35 bits per heavy atom. The van der Waals surface area contributed by atoms with E-state index in [1.54, 1.807) is 0 Å². The first-order valence-corrected chi connectivity index (χ1v) is 5.20. The smallest absolute Gasteiger partial charge is 0.344 e. The van der Waals surface area contributed by atoms with Crippen molar-refractivity contribution < 1.29 is 19.0 Å². The van der Waals surface area contributed by atoms with Crippen LogP contribution in [0, 0.1) is 5.82 Å². The molecule has 1 unspecified atom stereocenters. The minimum Gasteiger partial charge on any atom is -0.479 e. The van der Waals surface area contributed by atoms with Crippen LogP contribution in [0.3, 0.4) is 0 Å². The first-order chi connectivity index (χ1) is 7.95. The fraction of sp³-hybridized carbons (Fsp3) is 0.200. The first kappa shape index (κ1) is 13.6.